The van der Waals surface area contributed by atoms with Crippen LogP contribution in [0.25, 0.3) is 0 Å². The highest BCUT2D eigenvalue weighted by molar-refractivity contribution is 5.70. The maximum absolute atomic E-state index is 10.9. The molecule has 0 amide bonds. The molecule has 0 unspecified atom stereocenters. The van der Waals surface area contributed by atoms with Crippen LogP contribution < -0.4 is 15.5 Å². The predicted octanol–water partition coefficient (Wildman–Crippen LogP) is 0.981. The van der Waals surface area contributed by atoms with E-state index in [9.17, 15) is 4.79 Å². The number of hydrogen-bond acceptors (Lipinski definition) is 4. The molecule has 1 aromatic carbocycles. The fraction of sp³-hybridized carbons (Fsp3) is 0.462. The monoisotopic (exact) mass is 249 g/mol. The SMILES string of the molecule is CN(C)c1ccc(NC2(CC(=O)O)CNC2)cc1. The summed E-state index contributed by atoms with van der Waals surface area (Å²) in [5.74, 6) is -0.770. The molecule has 1 aromatic rings. The van der Waals surface area contributed by atoms with E-state index in [1.165, 1.54) is 0 Å². The van der Waals surface area contributed by atoms with Crippen molar-refractivity contribution in [3.63, 3.8) is 0 Å². The molecule has 0 spiro atoms. The fourth-order valence-electron chi connectivity index (χ4n) is 2.12. The van der Waals surface area contributed by atoms with E-state index in [0.717, 1.165) is 11.4 Å². The predicted molar refractivity (Wildman–Crippen MR) is 72.2 cm³/mol. The van der Waals surface area contributed by atoms with Gasteiger partial charge in [-0.3, -0.25) is 4.79 Å². The Bertz CT molecular complexity index is 424. The molecule has 0 atom stereocenters. The number of carboxylic acids is 1. The Morgan fingerprint density at radius 3 is 2.39 bits per heavy atom. The lowest BCUT2D eigenvalue weighted by Gasteiger charge is -2.43. The largest absolute Gasteiger partial charge is 0.481 e. The van der Waals surface area contributed by atoms with E-state index in [2.05, 4.69) is 10.6 Å². The van der Waals surface area contributed by atoms with Gasteiger partial charge in [-0.15, -0.1) is 0 Å². The molecule has 1 aliphatic rings. The molecule has 3 N–H and O–H groups in total. The van der Waals surface area contributed by atoms with Gasteiger partial charge in [0.15, 0.2) is 0 Å². The van der Waals surface area contributed by atoms with Crippen molar-refractivity contribution in [2.24, 2.45) is 0 Å². The third-order valence-electron chi connectivity index (χ3n) is 3.21. The molecule has 0 aromatic heterocycles. The Balaban J connectivity index is 2.05. The minimum atomic E-state index is -0.770. The Morgan fingerprint density at radius 1 is 1.39 bits per heavy atom. The number of hydrogen-bond donors (Lipinski definition) is 3. The van der Waals surface area contributed by atoms with Crippen molar-refractivity contribution in [1.29, 1.82) is 0 Å². The van der Waals surface area contributed by atoms with Gasteiger partial charge in [0.05, 0.1) is 12.0 Å². The topological polar surface area (TPSA) is 64.6 Å². The van der Waals surface area contributed by atoms with Crippen LogP contribution >= 0.6 is 0 Å². The van der Waals surface area contributed by atoms with Crippen LogP contribution in [-0.4, -0.2) is 43.8 Å². The molecular weight excluding hydrogens is 230 g/mol. The highest BCUT2D eigenvalue weighted by atomic mass is 16.4. The van der Waals surface area contributed by atoms with Crippen LogP contribution in [0.5, 0.6) is 0 Å². The number of anilines is 2. The summed E-state index contributed by atoms with van der Waals surface area (Å²) in [5, 5.41) is 15.4. The van der Waals surface area contributed by atoms with E-state index in [4.69, 9.17) is 5.11 Å². The highest BCUT2D eigenvalue weighted by Crippen LogP contribution is 2.24. The molecule has 98 valence electrons. The van der Waals surface area contributed by atoms with Crippen molar-refractivity contribution in [3.05, 3.63) is 24.3 Å². The van der Waals surface area contributed by atoms with Crippen LogP contribution in [-0.2, 0) is 4.79 Å². The minimum absolute atomic E-state index is 0.134. The van der Waals surface area contributed by atoms with Gasteiger partial charge in [0.1, 0.15) is 0 Å². The average Bonchev–Trinajstić information content (AvgIpc) is 2.26. The Kier molecular flexibility index (Phi) is 3.43. The summed E-state index contributed by atoms with van der Waals surface area (Å²) < 4.78 is 0. The number of aliphatic carboxylic acids is 1. The van der Waals surface area contributed by atoms with Gasteiger partial charge >= 0.3 is 5.97 Å². The van der Waals surface area contributed by atoms with Crippen molar-refractivity contribution in [3.8, 4) is 0 Å². The highest BCUT2D eigenvalue weighted by Gasteiger charge is 2.38. The van der Waals surface area contributed by atoms with Gasteiger partial charge in [-0.05, 0) is 24.3 Å². The van der Waals surface area contributed by atoms with Crippen molar-refractivity contribution in [2.75, 3.05) is 37.4 Å². The van der Waals surface area contributed by atoms with Crippen LogP contribution in [0.15, 0.2) is 24.3 Å². The zero-order valence-electron chi connectivity index (χ0n) is 10.7. The standard InChI is InChI=1S/C13H19N3O2/c1-16(2)11-5-3-10(4-6-11)15-13(7-12(17)18)8-14-9-13/h3-6,14-15H,7-9H2,1-2H3,(H,17,18). The summed E-state index contributed by atoms with van der Waals surface area (Å²) in [4.78, 5) is 12.9. The first-order valence-corrected chi connectivity index (χ1v) is 5.99. The van der Waals surface area contributed by atoms with Gasteiger partial charge in [0.2, 0.25) is 0 Å². The maximum Gasteiger partial charge on any atom is 0.305 e. The summed E-state index contributed by atoms with van der Waals surface area (Å²) in [6.07, 6.45) is 0.134. The summed E-state index contributed by atoms with van der Waals surface area (Å²) in [5.41, 5.74) is 1.74. The number of carbonyl (C=O) groups is 1. The molecule has 1 aliphatic heterocycles. The van der Waals surface area contributed by atoms with Crippen molar-refractivity contribution >= 4 is 17.3 Å². The lowest BCUT2D eigenvalue weighted by molar-refractivity contribution is -0.138. The molecule has 1 heterocycles. The Hall–Kier alpha value is -1.75. The molecule has 5 nitrogen and oxygen atoms in total. The molecule has 1 saturated heterocycles. The van der Waals surface area contributed by atoms with Crippen LogP contribution in [0, 0.1) is 0 Å². The van der Waals surface area contributed by atoms with Crippen LogP contribution in [0.3, 0.4) is 0 Å². The summed E-state index contributed by atoms with van der Waals surface area (Å²) in [6, 6.07) is 8.00. The Morgan fingerprint density at radius 2 is 2.00 bits per heavy atom. The summed E-state index contributed by atoms with van der Waals surface area (Å²) >= 11 is 0. The number of nitrogens with one attached hydrogen (secondary N) is 2. The number of nitrogens with zero attached hydrogens (tertiary/aromatic N) is 1. The first-order chi connectivity index (χ1) is 8.51. The molecule has 0 radical (unpaired) electrons. The molecule has 0 saturated carbocycles. The van der Waals surface area contributed by atoms with E-state index in [1.807, 2.05) is 43.3 Å². The Labute approximate surface area is 107 Å². The van der Waals surface area contributed by atoms with E-state index in [1.54, 1.807) is 0 Å². The lowest BCUT2D eigenvalue weighted by atomic mass is 9.88. The number of rotatable bonds is 5. The van der Waals surface area contributed by atoms with E-state index in [0.29, 0.717) is 13.1 Å². The van der Waals surface area contributed by atoms with Crippen LogP contribution in [0.4, 0.5) is 11.4 Å². The maximum atomic E-state index is 10.9. The van der Waals surface area contributed by atoms with Gasteiger partial charge in [0, 0.05) is 38.6 Å². The average molecular weight is 249 g/mol. The summed E-state index contributed by atoms with van der Waals surface area (Å²) in [7, 11) is 3.98. The first-order valence-electron chi connectivity index (χ1n) is 5.99. The van der Waals surface area contributed by atoms with Crippen molar-refractivity contribution in [1.82, 2.24) is 5.32 Å². The third-order valence-corrected chi connectivity index (χ3v) is 3.21. The van der Waals surface area contributed by atoms with E-state index in [-0.39, 0.29) is 12.0 Å². The second-order valence-electron chi connectivity index (χ2n) is 5.02. The van der Waals surface area contributed by atoms with E-state index >= 15 is 0 Å². The van der Waals surface area contributed by atoms with Gasteiger partial charge in [-0.1, -0.05) is 0 Å². The summed E-state index contributed by atoms with van der Waals surface area (Å²) in [6.45, 7) is 1.38. The van der Waals surface area contributed by atoms with E-state index < -0.39 is 5.97 Å². The van der Waals surface area contributed by atoms with Gasteiger partial charge in [-0.2, -0.15) is 0 Å². The third kappa shape index (κ3) is 2.73. The van der Waals surface area contributed by atoms with Gasteiger partial charge in [0.25, 0.3) is 0 Å². The molecule has 5 heteroatoms. The van der Waals surface area contributed by atoms with Crippen LogP contribution in [0.2, 0.25) is 0 Å². The molecule has 0 aliphatic carbocycles. The first kappa shape index (κ1) is 12.7. The number of benzene rings is 1. The van der Waals surface area contributed by atoms with Crippen molar-refractivity contribution < 1.29 is 9.90 Å². The smallest absolute Gasteiger partial charge is 0.305 e. The zero-order valence-corrected chi connectivity index (χ0v) is 10.7. The second-order valence-corrected chi connectivity index (χ2v) is 5.02. The van der Waals surface area contributed by atoms with Gasteiger partial charge < -0.3 is 20.6 Å². The second kappa shape index (κ2) is 4.86. The zero-order chi connectivity index (χ0) is 13.2. The minimum Gasteiger partial charge on any atom is -0.481 e. The van der Waals surface area contributed by atoms with Crippen molar-refractivity contribution in [2.45, 2.75) is 12.0 Å². The molecule has 18 heavy (non-hydrogen) atoms. The van der Waals surface area contributed by atoms with Gasteiger partial charge in [-0.25, -0.2) is 0 Å². The molecule has 1 fully saturated rings. The van der Waals surface area contributed by atoms with Crippen LogP contribution in [0.1, 0.15) is 6.42 Å². The molecule has 0 bridgehead atoms. The molecule has 2 rings (SSSR count). The quantitative estimate of drug-likeness (QED) is 0.726. The fourth-order valence-corrected chi connectivity index (χ4v) is 2.12. The lowest BCUT2D eigenvalue weighted by Crippen LogP contribution is -2.65. The molecular formula is C13H19N3O2. The number of carboxylic acid groups (broad SMARTS) is 1. The normalized spacial score (nSPS) is 16.8.